The second-order valence-electron chi connectivity index (χ2n) is 2.38. The average molecular weight is 183 g/mol. The van der Waals surface area contributed by atoms with Crippen molar-refractivity contribution in [3.8, 4) is 0 Å². The van der Waals surface area contributed by atoms with Crippen molar-refractivity contribution in [1.29, 1.82) is 0 Å². The van der Waals surface area contributed by atoms with Crippen LogP contribution in [-0.4, -0.2) is 17.3 Å². The monoisotopic (exact) mass is 183 g/mol. The first kappa shape index (κ1) is 7.37. The fourth-order valence-corrected chi connectivity index (χ4v) is 2.71. The number of aliphatic imine (C=N–C) groups is 1. The van der Waals surface area contributed by atoms with E-state index in [2.05, 4.69) is 22.5 Å². The van der Waals surface area contributed by atoms with Crippen LogP contribution in [0.5, 0.6) is 0 Å². The van der Waals surface area contributed by atoms with Crippen LogP contribution in [0.2, 0.25) is 0 Å². The Kier molecular flexibility index (Phi) is 2.29. The zero-order valence-electron chi connectivity index (χ0n) is 6.12. The summed E-state index contributed by atoms with van der Waals surface area (Å²) >= 11 is 3.71. The van der Waals surface area contributed by atoms with E-state index in [1.54, 1.807) is 0 Å². The minimum atomic E-state index is 1.02. The SMILES string of the molecule is c1csc(CC2=NCCS2)c1. The topological polar surface area (TPSA) is 12.4 Å². The third-order valence-corrected chi connectivity index (χ3v) is 3.42. The Bertz CT molecular complexity index is 251. The molecular weight excluding hydrogens is 174 g/mol. The van der Waals surface area contributed by atoms with Gasteiger partial charge in [0.25, 0.3) is 0 Å². The minimum Gasteiger partial charge on any atom is -0.282 e. The maximum absolute atomic E-state index is 4.40. The highest BCUT2D eigenvalue weighted by Crippen LogP contribution is 2.18. The number of thioether (sulfide) groups is 1. The van der Waals surface area contributed by atoms with Crippen molar-refractivity contribution in [2.45, 2.75) is 6.42 Å². The Labute approximate surface area is 74.5 Å². The Morgan fingerprint density at radius 2 is 2.55 bits per heavy atom. The zero-order chi connectivity index (χ0) is 7.52. The van der Waals surface area contributed by atoms with E-state index in [1.165, 1.54) is 15.7 Å². The van der Waals surface area contributed by atoms with Crippen molar-refractivity contribution in [3.05, 3.63) is 22.4 Å². The van der Waals surface area contributed by atoms with Gasteiger partial charge >= 0.3 is 0 Å². The van der Waals surface area contributed by atoms with E-state index in [4.69, 9.17) is 0 Å². The summed E-state index contributed by atoms with van der Waals surface area (Å²) in [6, 6.07) is 4.27. The van der Waals surface area contributed by atoms with Crippen LogP contribution in [0.15, 0.2) is 22.5 Å². The largest absolute Gasteiger partial charge is 0.282 e. The lowest BCUT2D eigenvalue weighted by Crippen LogP contribution is -1.91. The Morgan fingerprint density at radius 1 is 1.55 bits per heavy atom. The molecule has 0 saturated carbocycles. The Hall–Kier alpha value is -0.280. The van der Waals surface area contributed by atoms with E-state index in [-0.39, 0.29) is 0 Å². The molecule has 0 unspecified atom stereocenters. The van der Waals surface area contributed by atoms with E-state index in [9.17, 15) is 0 Å². The molecule has 1 aliphatic rings. The molecule has 0 atom stereocenters. The van der Waals surface area contributed by atoms with Crippen molar-refractivity contribution >= 4 is 28.1 Å². The van der Waals surface area contributed by atoms with Crippen LogP contribution in [0.25, 0.3) is 0 Å². The summed E-state index contributed by atoms with van der Waals surface area (Å²) in [5.41, 5.74) is 0. The molecule has 1 aromatic heterocycles. The molecule has 1 nitrogen and oxygen atoms in total. The van der Waals surface area contributed by atoms with Crippen molar-refractivity contribution in [3.63, 3.8) is 0 Å². The van der Waals surface area contributed by atoms with Gasteiger partial charge in [0, 0.05) is 23.6 Å². The van der Waals surface area contributed by atoms with Crippen LogP contribution in [0.3, 0.4) is 0 Å². The third-order valence-electron chi connectivity index (χ3n) is 1.55. The highest BCUT2D eigenvalue weighted by atomic mass is 32.2. The van der Waals surface area contributed by atoms with Gasteiger partial charge in [-0.2, -0.15) is 0 Å². The third kappa shape index (κ3) is 1.84. The van der Waals surface area contributed by atoms with Gasteiger partial charge < -0.3 is 0 Å². The second kappa shape index (κ2) is 3.41. The van der Waals surface area contributed by atoms with Crippen molar-refractivity contribution in [2.24, 2.45) is 4.99 Å². The van der Waals surface area contributed by atoms with Crippen LogP contribution in [0, 0.1) is 0 Å². The Morgan fingerprint density at radius 3 is 3.18 bits per heavy atom. The summed E-state index contributed by atoms with van der Waals surface area (Å²) in [4.78, 5) is 5.83. The molecule has 0 radical (unpaired) electrons. The summed E-state index contributed by atoms with van der Waals surface area (Å²) in [7, 11) is 0. The molecule has 2 rings (SSSR count). The zero-order valence-corrected chi connectivity index (χ0v) is 7.75. The lowest BCUT2D eigenvalue weighted by molar-refractivity contribution is 1.16. The van der Waals surface area contributed by atoms with Crippen molar-refractivity contribution in [2.75, 3.05) is 12.3 Å². The molecule has 3 heteroatoms. The molecule has 0 bridgehead atoms. The van der Waals surface area contributed by atoms with Crippen LogP contribution < -0.4 is 0 Å². The van der Waals surface area contributed by atoms with Crippen LogP contribution >= 0.6 is 23.1 Å². The predicted octanol–water partition coefficient (Wildman–Crippen LogP) is 2.44. The lowest BCUT2D eigenvalue weighted by atomic mass is 10.4. The van der Waals surface area contributed by atoms with E-state index >= 15 is 0 Å². The van der Waals surface area contributed by atoms with Gasteiger partial charge in [0.15, 0.2) is 0 Å². The van der Waals surface area contributed by atoms with Gasteiger partial charge in [0.2, 0.25) is 0 Å². The molecule has 11 heavy (non-hydrogen) atoms. The smallest absolute Gasteiger partial charge is 0.0729 e. The molecule has 0 saturated heterocycles. The first-order valence-corrected chi connectivity index (χ1v) is 5.50. The number of hydrogen-bond donors (Lipinski definition) is 0. The fraction of sp³-hybridized carbons (Fsp3) is 0.375. The van der Waals surface area contributed by atoms with Gasteiger partial charge in [0.05, 0.1) is 5.04 Å². The maximum Gasteiger partial charge on any atom is 0.0729 e. The van der Waals surface area contributed by atoms with Gasteiger partial charge in [-0.1, -0.05) is 6.07 Å². The predicted molar refractivity (Wildman–Crippen MR) is 52.8 cm³/mol. The summed E-state index contributed by atoms with van der Waals surface area (Å²) in [5, 5.41) is 3.43. The summed E-state index contributed by atoms with van der Waals surface area (Å²) in [5.74, 6) is 1.18. The molecule has 0 spiro atoms. The van der Waals surface area contributed by atoms with E-state index in [1.807, 2.05) is 23.1 Å². The van der Waals surface area contributed by atoms with E-state index < -0.39 is 0 Å². The normalized spacial score (nSPS) is 16.9. The first-order valence-electron chi connectivity index (χ1n) is 3.63. The highest BCUT2D eigenvalue weighted by molar-refractivity contribution is 8.14. The fourth-order valence-electron chi connectivity index (χ4n) is 1.05. The number of nitrogens with zero attached hydrogens (tertiary/aromatic N) is 1. The van der Waals surface area contributed by atoms with Crippen molar-refractivity contribution < 1.29 is 0 Å². The lowest BCUT2D eigenvalue weighted by Gasteiger charge is -1.93. The van der Waals surface area contributed by atoms with Gasteiger partial charge in [-0.3, -0.25) is 4.99 Å². The number of thiophene rings is 1. The van der Waals surface area contributed by atoms with Gasteiger partial charge in [-0.05, 0) is 11.4 Å². The molecule has 58 valence electrons. The molecule has 0 fully saturated rings. The average Bonchev–Trinajstić information content (AvgIpc) is 2.60. The molecule has 1 aliphatic heterocycles. The number of rotatable bonds is 2. The Balaban J connectivity index is 2.00. The van der Waals surface area contributed by atoms with Crippen molar-refractivity contribution in [1.82, 2.24) is 0 Å². The van der Waals surface area contributed by atoms with Gasteiger partial charge in [-0.15, -0.1) is 23.1 Å². The quantitative estimate of drug-likeness (QED) is 0.686. The van der Waals surface area contributed by atoms with Crippen LogP contribution in [-0.2, 0) is 6.42 Å². The summed E-state index contributed by atoms with van der Waals surface area (Å²) < 4.78 is 0. The highest BCUT2D eigenvalue weighted by Gasteiger charge is 2.07. The molecule has 0 amide bonds. The minimum absolute atomic E-state index is 1.02. The molecule has 0 aliphatic carbocycles. The number of hydrogen-bond acceptors (Lipinski definition) is 3. The maximum atomic E-state index is 4.40. The van der Waals surface area contributed by atoms with Gasteiger partial charge in [0.1, 0.15) is 0 Å². The van der Waals surface area contributed by atoms with Crippen LogP contribution in [0.1, 0.15) is 4.88 Å². The summed E-state index contributed by atoms with van der Waals surface area (Å²) in [6.45, 7) is 1.02. The molecule has 1 aromatic rings. The van der Waals surface area contributed by atoms with E-state index in [0.717, 1.165) is 13.0 Å². The van der Waals surface area contributed by atoms with Crippen LogP contribution in [0.4, 0.5) is 0 Å². The second-order valence-corrected chi connectivity index (χ2v) is 4.58. The standard InChI is InChI=1S/C8H9NS2/c1-2-7(10-4-1)6-8-9-3-5-11-8/h1-2,4H,3,5-6H2. The molecule has 2 heterocycles. The van der Waals surface area contributed by atoms with Gasteiger partial charge in [-0.25, -0.2) is 0 Å². The van der Waals surface area contributed by atoms with E-state index in [0.29, 0.717) is 0 Å². The molecule has 0 N–H and O–H groups in total. The first-order chi connectivity index (χ1) is 5.45. The summed E-state index contributed by atoms with van der Waals surface area (Å²) in [6.07, 6.45) is 1.06. The molecular formula is C8H9NS2. The molecule has 0 aromatic carbocycles.